The van der Waals surface area contributed by atoms with Gasteiger partial charge in [0, 0.05) is 54.7 Å². The maximum atomic E-state index is 4.11. The summed E-state index contributed by atoms with van der Waals surface area (Å²) in [5.74, 6) is 0. The predicted molar refractivity (Wildman–Crippen MR) is 315 cm³/mol. The van der Waals surface area contributed by atoms with E-state index in [1.165, 1.54) is 75.5 Å². The Morgan fingerprint density at radius 1 is 0.380 bits per heavy atom. The second kappa shape index (κ2) is 22.3. The van der Waals surface area contributed by atoms with Crippen molar-refractivity contribution in [3.63, 3.8) is 0 Å². The van der Waals surface area contributed by atoms with E-state index < -0.39 is 0 Å². The molecule has 0 amide bonds. The summed E-state index contributed by atoms with van der Waals surface area (Å²) in [6.07, 6.45) is 8.02. The summed E-state index contributed by atoms with van der Waals surface area (Å²) in [5, 5.41) is 6.08. The molecule has 11 aromatic rings. The van der Waals surface area contributed by atoms with Crippen molar-refractivity contribution in [2.24, 2.45) is 0 Å². The maximum Gasteiger partial charge on any atom is 0.0473 e. The molecule has 0 atom stereocenters. The summed E-state index contributed by atoms with van der Waals surface area (Å²) in [6.45, 7) is 15.4. The summed E-state index contributed by atoms with van der Waals surface area (Å²) < 4.78 is 1.25. The van der Waals surface area contributed by atoms with Gasteiger partial charge in [0.05, 0.1) is 0 Å². The van der Waals surface area contributed by atoms with E-state index in [9.17, 15) is 0 Å². The highest BCUT2D eigenvalue weighted by molar-refractivity contribution is 7.20. The average molecular weight is 935 g/mol. The van der Waals surface area contributed by atoms with Gasteiger partial charge in [-0.05, 0) is 160 Å². The molecule has 0 aliphatic rings. The molecule has 0 saturated heterocycles. The molecule has 71 heavy (non-hydrogen) atoms. The fourth-order valence-corrected chi connectivity index (χ4v) is 10.4. The molecule has 0 fully saturated rings. The van der Waals surface area contributed by atoms with Crippen LogP contribution in [0.15, 0.2) is 256 Å². The van der Waals surface area contributed by atoms with Crippen molar-refractivity contribution in [1.82, 2.24) is 0 Å². The highest BCUT2D eigenvalue weighted by Crippen LogP contribution is 2.45. The van der Waals surface area contributed by atoms with Crippen LogP contribution in [0.2, 0.25) is 0 Å². The fourth-order valence-electron chi connectivity index (χ4n) is 9.39. The fraction of sp³-hybridized carbons (Fsp3) is 0.0588. The summed E-state index contributed by atoms with van der Waals surface area (Å²) in [5.41, 5.74) is 14.9. The molecule has 0 N–H and O–H groups in total. The van der Waals surface area contributed by atoms with E-state index in [0.717, 1.165) is 34.1 Å². The lowest BCUT2D eigenvalue weighted by atomic mass is 9.92. The topological polar surface area (TPSA) is 6.48 Å². The van der Waals surface area contributed by atoms with E-state index in [0.29, 0.717) is 0 Å². The highest BCUT2D eigenvalue weighted by atomic mass is 32.1. The Morgan fingerprint density at radius 3 is 1.39 bits per heavy atom. The van der Waals surface area contributed by atoms with Gasteiger partial charge in [0.2, 0.25) is 0 Å². The molecular formula is C68H58N2S. The second-order valence-electron chi connectivity index (χ2n) is 16.9. The Morgan fingerprint density at radius 2 is 0.845 bits per heavy atom. The highest BCUT2D eigenvalue weighted by Gasteiger charge is 2.19. The molecule has 3 heteroatoms. The molecule has 10 aromatic carbocycles. The van der Waals surface area contributed by atoms with Crippen LogP contribution < -0.4 is 9.80 Å². The van der Waals surface area contributed by atoms with Crippen LogP contribution in [0.1, 0.15) is 38.1 Å². The van der Waals surface area contributed by atoms with Crippen LogP contribution in [0, 0.1) is 0 Å². The maximum absolute atomic E-state index is 4.11. The molecule has 0 spiro atoms. The van der Waals surface area contributed by atoms with Gasteiger partial charge < -0.3 is 9.80 Å². The summed E-state index contributed by atoms with van der Waals surface area (Å²) in [6, 6.07) is 83.7. The molecule has 346 valence electrons. The van der Waals surface area contributed by atoms with Crippen LogP contribution in [0.3, 0.4) is 0 Å². The number of nitrogens with zero attached hydrogens (tertiary/aromatic N) is 2. The average Bonchev–Trinajstić information content (AvgIpc) is 3.79. The minimum Gasteiger partial charge on any atom is -0.310 e. The molecule has 0 unspecified atom stereocenters. The summed E-state index contributed by atoms with van der Waals surface area (Å²) in [7, 11) is 0. The molecule has 0 aliphatic carbocycles. The number of hydrogen-bond donors (Lipinski definition) is 0. The molecule has 11 rings (SSSR count). The molecule has 2 nitrogen and oxygen atoms in total. The summed E-state index contributed by atoms with van der Waals surface area (Å²) >= 11 is 1.79. The molecule has 0 bridgehead atoms. The SMILES string of the molecule is C=CC.C=Cc1sc2ccc(N(c3ccccc3)c3ccc(-c4cc5ccc(N(c6ccccc6)c6cc(-c7ccccc7)cc(-c7ccccc7)c6)cc5c5ccccc45)cc3)cc2c1/C=C\C.CC. The zero-order chi connectivity index (χ0) is 49.1. The van der Waals surface area contributed by atoms with E-state index in [1.807, 2.05) is 26.8 Å². The van der Waals surface area contributed by atoms with Crippen LogP contribution in [0.25, 0.3) is 77.2 Å². The largest absolute Gasteiger partial charge is 0.310 e. The first-order chi connectivity index (χ1) is 35.0. The van der Waals surface area contributed by atoms with Crippen molar-refractivity contribution in [3.8, 4) is 33.4 Å². The molecule has 0 aliphatic heterocycles. The van der Waals surface area contributed by atoms with Gasteiger partial charge in [-0.3, -0.25) is 0 Å². The number of para-hydroxylation sites is 2. The molecular weight excluding hydrogens is 877 g/mol. The van der Waals surface area contributed by atoms with E-state index in [4.69, 9.17) is 0 Å². The van der Waals surface area contributed by atoms with E-state index in [1.54, 1.807) is 17.4 Å². The number of allylic oxidation sites excluding steroid dienone is 2. The molecule has 1 aromatic heterocycles. The zero-order valence-corrected chi connectivity index (χ0v) is 41.8. The van der Waals surface area contributed by atoms with Gasteiger partial charge >= 0.3 is 0 Å². The number of hydrogen-bond acceptors (Lipinski definition) is 3. The lowest BCUT2D eigenvalue weighted by Crippen LogP contribution is -2.10. The number of fused-ring (bicyclic) bond motifs is 4. The van der Waals surface area contributed by atoms with Crippen molar-refractivity contribution in [2.45, 2.75) is 27.7 Å². The first-order valence-corrected chi connectivity index (χ1v) is 25.3. The molecule has 0 saturated carbocycles. The third-order valence-corrected chi connectivity index (χ3v) is 13.7. The quantitative estimate of drug-likeness (QED) is 0.0942. The van der Waals surface area contributed by atoms with Crippen LogP contribution in [0.4, 0.5) is 34.1 Å². The van der Waals surface area contributed by atoms with Gasteiger partial charge in [0.15, 0.2) is 0 Å². The second-order valence-corrected chi connectivity index (χ2v) is 18.0. The van der Waals surface area contributed by atoms with Crippen molar-refractivity contribution in [3.05, 3.63) is 266 Å². The first kappa shape index (κ1) is 47.6. The van der Waals surface area contributed by atoms with Crippen molar-refractivity contribution in [1.29, 1.82) is 0 Å². The van der Waals surface area contributed by atoms with Crippen LogP contribution in [-0.2, 0) is 0 Å². The van der Waals surface area contributed by atoms with Crippen molar-refractivity contribution < 1.29 is 0 Å². The lowest BCUT2D eigenvalue weighted by Gasteiger charge is -2.27. The van der Waals surface area contributed by atoms with Crippen LogP contribution in [-0.4, -0.2) is 0 Å². The molecule has 0 radical (unpaired) electrons. The Labute approximate surface area is 424 Å². The van der Waals surface area contributed by atoms with Crippen LogP contribution >= 0.6 is 11.3 Å². The number of benzene rings is 10. The van der Waals surface area contributed by atoms with Gasteiger partial charge in [0.1, 0.15) is 0 Å². The minimum absolute atomic E-state index is 1.10. The van der Waals surface area contributed by atoms with Gasteiger partial charge in [-0.1, -0.05) is 184 Å². The van der Waals surface area contributed by atoms with E-state index in [-0.39, 0.29) is 0 Å². The number of thiophene rings is 1. The Bertz CT molecular complexity index is 3530. The summed E-state index contributed by atoms with van der Waals surface area (Å²) in [4.78, 5) is 5.94. The predicted octanol–water partition coefficient (Wildman–Crippen LogP) is 21.0. The third-order valence-electron chi connectivity index (χ3n) is 12.5. The van der Waals surface area contributed by atoms with E-state index in [2.05, 4.69) is 273 Å². The monoisotopic (exact) mass is 934 g/mol. The van der Waals surface area contributed by atoms with Gasteiger partial charge in [0.25, 0.3) is 0 Å². The Hall–Kier alpha value is -8.50. The number of rotatable bonds is 11. The Kier molecular flexibility index (Phi) is 14.9. The van der Waals surface area contributed by atoms with Gasteiger partial charge in [-0.2, -0.15) is 0 Å². The van der Waals surface area contributed by atoms with Crippen molar-refractivity contribution >= 4 is 89.2 Å². The normalized spacial score (nSPS) is 10.9. The van der Waals surface area contributed by atoms with Crippen molar-refractivity contribution in [2.75, 3.05) is 9.80 Å². The van der Waals surface area contributed by atoms with Crippen LogP contribution in [0.5, 0.6) is 0 Å². The first-order valence-electron chi connectivity index (χ1n) is 24.5. The van der Waals surface area contributed by atoms with Gasteiger partial charge in [-0.15, -0.1) is 17.9 Å². The minimum atomic E-state index is 1.10. The lowest BCUT2D eigenvalue weighted by molar-refractivity contribution is 1.29. The molecule has 1 heterocycles. The zero-order valence-electron chi connectivity index (χ0n) is 41.0. The third kappa shape index (κ3) is 10.0. The van der Waals surface area contributed by atoms with Gasteiger partial charge in [-0.25, -0.2) is 0 Å². The Balaban J connectivity index is 0.00000120. The smallest absolute Gasteiger partial charge is 0.0473 e. The van der Waals surface area contributed by atoms with E-state index >= 15 is 0 Å². The standard InChI is InChI=1S/C63H46N2S.C3H6.C2H6/c1-3-19-58-61-43-54(36-37-63(61)66-62(58)4-2)64(50-24-13-7-14-25-50)52-33-30-46(31-34-52)59-41-47-32-35-53(42-60(47)57-29-18-17-28-56(57)59)65(51-26-15-8-16-27-51)55-39-48(44-20-9-5-10-21-44)38-49(40-55)45-22-11-6-12-23-45;1-3-2;1-2/h3-43H,2H2,1H3;3H,1H2,2H3;1-2H3/b19-3-;;. The number of anilines is 6.